The van der Waals surface area contributed by atoms with E-state index in [0.717, 1.165) is 6.42 Å². The Labute approximate surface area is 89.2 Å². The Kier molecular flexibility index (Phi) is 3.68. The number of aliphatic carboxylic acids is 1. The summed E-state index contributed by atoms with van der Waals surface area (Å²) in [5, 5.41) is 9.02. The summed E-state index contributed by atoms with van der Waals surface area (Å²) in [4.78, 5) is 24.1. The highest BCUT2D eigenvalue weighted by Gasteiger charge is 2.35. The van der Waals surface area contributed by atoms with Crippen LogP contribution in [0.1, 0.15) is 26.7 Å². The van der Waals surface area contributed by atoms with Crippen LogP contribution in [0.15, 0.2) is 0 Å². The summed E-state index contributed by atoms with van der Waals surface area (Å²) in [6.45, 7) is 4.08. The van der Waals surface area contributed by atoms with Gasteiger partial charge in [0, 0.05) is 6.54 Å². The van der Waals surface area contributed by atoms with E-state index in [1.54, 1.807) is 6.92 Å². The third-order valence-corrected chi connectivity index (χ3v) is 2.82. The molecule has 0 aromatic carbocycles. The molecule has 1 fully saturated rings. The Morgan fingerprint density at radius 1 is 1.53 bits per heavy atom. The summed E-state index contributed by atoms with van der Waals surface area (Å²) in [6, 6.07) is -1.33. The fourth-order valence-corrected chi connectivity index (χ4v) is 1.90. The summed E-state index contributed by atoms with van der Waals surface area (Å²) < 4.78 is 0. The van der Waals surface area contributed by atoms with Gasteiger partial charge in [0.25, 0.3) is 0 Å². The lowest BCUT2D eigenvalue weighted by atomic mass is 9.92. The number of amides is 1. The van der Waals surface area contributed by atoms with Gasteiger partial charge in [0.1, 0.15) is 6.04 Å². The van der Waals surface area contributed by atoms with Gasteiger partial charge >= 0.3 is 5.97 Å². The molecule has 0 bridgehead atoms. The van der Waals surface area contributed by atoms with Crippen molar-refractivity contribution in [1.29, 1.82) is 0 Å². The number of rotatable bonds is 2. The first-order chi connectivity index (χ1) is 6.93. The number of carbonyl (C=O) groups is 2. The second kappa shape index (κ2) is 4.61. The summed E-state index contributed by atoms with van der Waals surface area (Å²) in [5.74, 6) is -0.854. The average Bonchev–Trinajstić information content (AvgIpc) is 2.16. The van der Waals surface area contributed by atoms with Crippen LogP contribution in [0.5, 0.6) is 0 Å². The normalized spacial score (nSPS) is 28.6. The van der Waals surface area contributed by atoms with Gasteiger partial charge in [-0.15, -0.1) is 0 Å². The van der Waals surface area contributed by atoms with Gasteiger partial charge in [-0.1, -0.05) is 6.92 Å². The highest BCUT2D eigenvalue weighted by molar-refractivity contribution is 5.86. The van der Waals surface area contributed by atoms with Gasteiger partial charge in [-0.25, -0.2) is 4.79 Å². The maximum Gasteiger partial charge on any atom is 0.326 e. The molecule has 3 atom stereocenters. The first-order valence-electron chi connectivity index (χ1n) is 5.22. The first kappa shape index (κ1) is 12.0. The molecule has 1 heterocycles. The van der Waals surface area contributed by atoms with Crippen LogP contribution in [-0.4, -0.2) is 40.5 Å². The Morgan fingerprint density at radius 3 is 2.60 bits per heavy atom. The molecule has 0 aliphatic carbocycles. The molecule has 1 saturated heterocycles. The van der Waals surface area contributed by atoms with Crippen molar-refractivity contribution in [2.75, 3.05) is 6.54 Å². The molecular weight excluding hydrogens is 196 g/mol. The van der Waals surface area contributed by atoms with Crippen LogP contribution < -0.4 is 5.73 Å². The maximum absolute atomic E-state index is 11.7. The van der Waals surface area contributed by atoms with E-state index in [4.69, 9.17) is 10.8 Å². The number of carboxylic acid groups (broad SMARTS) is 1. The van der Waals surface area contributed by atoms with Gasteiger partial charge in [0.2, 0.25) is 5.91 Å². The van der Waals surface area contributed by atoms with Crippen molar-refractivity contribution in [2.45, 2.75) is 38.8 Å². The van der Waals surface area contributed by atoms with Crippen LogP contribution in [0.2, 0.25) is 0 Å². The van der Waals surface area contributed by atoms with E-state index in [1.807, 2.05) is 6.92 Å². The van der Waals surface area contributed by atoms with Gasteiger partial charge in [-0.05, 0) is 25.7 Å². The van der Waals surface area contributed by atoms with E-state index in [9.17, 15) is 9.59 Å². The maximum atomic E-state index is 11.7. The summed E-state index contributed by atoms with van der Waals surface area (Å²) >= 11 is 0. The summed E-state index contributed by atoms with van der Waals surface area (Å²) in [5.41, 5.74) is 5.48. The molecule has 86 valence electrons. The second-order valence-electron chi connectivity index (χ2n) is 4.30. The van der Waals surface area contributed by atoms with E-state index in [0.29, 0.717) is 18.9 Å². The van der Waals surface area contributed by atoms with E-state index in [2.05, 4.69) is 0 Å². The summed E-state index contributed by atoms with van der Waals surface area (Å²) in [7, 11) is 0. The van der Waals surface area contributed by atoms with Crippen molar-refractivity contribution in [1.82, 2.24) is 4.90 Å². The quantitative estimate of drug-likeness (QED) is 0.680. The first-order valence-corrected chi connectivity index (χ1v) is 5.22. The zero-order valence-corrected chi connectivity index (χ0v) is 9.14. The molecule has 5 heteroatoms. The van der Waals surface area contributed by atoms with Crippen LogP contribution >= 0.6 is 0 Å². The van der Waals surface area contributed by atoms with Gasteiger partial charge in [-0.3, -0.25) is 4.79 Å². The fourth-order valence-electron chi connectivity index (χ4n) is 1.90. The lowest BCUT2D eigenvalue weighted by Gasteiger charge is -2.36. The monoisotopic (exact) mass is 214 g/mol. The average molecular weight is 214 g/mol. The van der Waals surface area contributed by atoms with E-state index in [-0.39, 0.29) is 5.91 Å². The SMILES string of the molecule is CC1CCN(C(=O)[C@H](C)N)C(C(=O)O)C1. The van der Waals surface area contributed by atoms with Crippen molar-refractivity contribution >= 4 is 11.9 Å². The van der Waals surface area contributed by atoms with Crippen LogP contribution in [0, 0.1) is 5.92 Å². The lowest BCUT2D eigenvalue weighted by molar-refractivity contribution is -0.153. The van der Waals surface area contributed by atoms with Gasteiger partial charge in [-0.2, -0.15) is 0 Å². The Balaban J connectivity index is 2.77. The predicted octanol–water partition coefficient (Wildman–Crippen LogP) is 0.0453. The van der Waals surface area contributed by atoms with Crippen LogP contribution in [0.25, 0.3) is 0 Å². The minimum Gasteiger partial charge on any atom is -0.480 e. The van der Waals surface area contributed by atoms with Crippen LogP contribution in [0.4, 0.5) is 0 Å². The number of nitrogens with two attached hydrogens (primary N) is 1. The smallest absolute Gasteiger partial charge is 0.326 e. The fraction of sp³-hybridized carbons (Fsp3) is 0.800. The minimum atomic E-state index is -0.935. The third kappa shape index (κ3) is 2.68. The predicted molar refractivity (Wildman–Crippen MR) is 55.2 cm³/mol. The van der Waals surface area contributed by atoms with Crippen molar-refractivity contribution in [3.63, 3.8) is 0 Å². The van der Waals surface area contributed by atoms with Gasteiger partial charge in [0.15, 0.2) is 0 Å². The molecule has 15 heavy (non-hydrogen) atoms. The van der Waals surface area contributed by atoms with Crippen LogP contribution in [-0.2, 0) is 9.59 Å². The Hall–Kier alpha value is -1.10. The van der Waals surface area contributed by atoms with Crippen molar-refractivity contribution in [3.05, 3.63) is 0 Å². The molecule has 5 nitrogen and oxygen atoms in total. The number of piperidine rings is 1. The largest absolute Gasteiger partial charge is 0.480 e. The molecule has 0 aromatic rings. The molecular formula is C10H18N2O3. The van der Waals surface area contributed by atoms with E-state index < -0.39 is 18.1 Å². The number of hydrogen-bond donors (Lipinski definition) is 2. The number of nitrogens with zero attached hydrogens (tertiary/aromatic N) is 1. The Morgan fingerprint density at radius 2 is 2.13 bits per heavy atom. The lowest BCUT2D eigenvalue weighted by Crippen LogP contribution is -2.54. The highest BCUT2D eigenvalue weighted by atomic mass is 16.4. The molecule has 0 spiro atoms. The molecule has 0 aromatic heterocycles. The number of carbonyl (C=O) groups excluding carboxylic acids is 1. The molecule has 1 aliphatic rings. The molecule has 1 rings (SSSR count). The molecule has 0 radical (unpaired) electrons. The molecule has 1 aliphatic heterocycles. The number of hydrogen-bond acceptors (Lipinski definition) is 3. The second-order valence-corrected chi connectivity index (χ2v) is 4.30. The number of likely N-dealkylation sites (tertiary alicyclic amines) is 1. The molecule has 0 saturated carbocycles. The standard InChI is InChI=1S/C10H18N2O3/c1-6-3-4-12(9(13)7(2)11)8(5-6)10(14)15/h6-8H,3-5,11H2,1-2H3,(H,14,15)/t6?,7-,8?/m0/s1. The molecule has 3 N–H and O–H groups in total. The van der Waals surface area contributed by atoms with Crippen molar-refractivity contribution in [3.8, 4) is 0 Å². The van der Waals surface area contributed by atoms with Gasteiger partial charge < -0.3 is 15.7 Å². The highest BCUT2D eigenvalue weighted by Crippen LogP contribution is 2.23. The number of carboxylic acids is 1. The Bertz CT molecular complexity index is 265. The third-order valence-electron chi connectivity index (χ3n) is 2.82. The van der Waals surface area contributed by atoms with Gasteiger partial charge in [0.05, 0.1) is 6.04 Å². The van der Waals surface area contributed by atoms with Crippen LogP contribution in [0.3, 0.4) is 0 Å². The van der Waals surface area contributed by atoms with E-state index in [1.165, 1.54) is 4.90 Å². The molecule has 2 unspecified atom stereocenters. The topological polar surface area (TPSA) is 83.6 Å². The molecule has 1 amide bonds. The zero-order valence-electron chi connectivity index (χ0n) is 9.14. The van der Waals surface area contributed by atoms with E-state index >= 15 is 0 Å². The summed E-state index contributed by atoms with van der Waals surface area (Å²) in [6.07, 6.45) is 1.37. The zero-order chi connectivity index (χ0) is 11.6. The van der Waals surface area contributed by atoms with Crippen molar-refractivity contribution < 1.29 is 14.7 Å². The van der Waals surface area contributed by atoms with Crippen molar-refractivity contribution in [2.24, 2.45) is 11.7 Å². The minimum absolute atomic E-state index is 0.269.